The monoisotopic (exact) mass is 330 g/mol. The van der Waals surface area contributed by atoms with Crippen LogP contribution in [0.5, 0.6) is 0 Å². The van der Waals surface area contributed by atoms with Crippen molar-refractivity contribution in [1.29, 1.82) is 0 Å². The predicted octanol–water partition coefficient (Wildman–Crippen LogP) is 2.79. The average Bonchev–Trinajstić information content (AvgIpc) is 2.35. The van der Waals surface area contributed by atoms with E-state index in [2.05, 4.69) is 0 Å². The van der Waals surface area contributed by atoms with E-state index in [0.29, 0.717) is 19.4 Å². The van der Waals surface area contributed by atoms with E-state index in [1.54, 1.807) is 13.2 Å². The lowest BCUT2D eigenvalue weighted by Gasteiger charge is -2.40. The second-order valence-corrected chi connectivity index (χ2v) is 8.32. The number of hydrogen-bond acceptors (Lipinski definition) is 5. The Hall–Kier alpha value is -0.620. The van der Waals surface area contributed by atoms with Crippen LogP contribution in [-0.4, -0.2) is 52.4 Å². The Morgan fingerprint density at radius 3 is 2.26 bits per heavy atom. The molecule has 5 nitrogen and oxygen atoms in total. The van der Waals surface area contributed by atoms with Gasteiger partial charge in [0.05, 0.1) is 30.2 Å². The lowest BCUT2D eigenvalue weighted by molar-refractivity contribution is -0.180. The minimum Gasteiger partial charge on any atom is -0.493 e. The summed E-state index contributed by atoms with van der Waals surface area (Å²) in [4.78, 5) is 0. The standard InChI is InChI=1S/C18H34O5/c1-12(19)8-9-13-10-21-14(11-22-17(2,3)4)16(15(13)20)23-18(5,6)7/h10,12,14-16,19-20H,8-9,11H2,1-7H3/t12-,14-,15-,16-/m1/s1. The molecule has 0 aromatic heterocycles. The van der Waals surface area contributed by atoms with Crippen LogP contribution in [0.15, 0.2) is 11.8 Å². The SMILES string of the molecule is C[C@@H](O)CCC1=CO[C@H](COC(C)(C)C)[C@@H](OC(C)(C)C)[C@@H]1O. The topological polar surface area (TPSA) is 68.2 Å². The quantitative estimate of drug-likeness (QED) is 0.784. The van der Waals surface area contributed by atoms with E-state index in [9.17, 15) is 10.2 Å². The number of aliphatic hydroxyl groups excluding tert-OH is 2. The Bertz CT molecular complexity index is 389. The largest absolute Gasteiger partial charge is 0.493 e. The van der Waals surface area contributed by atoms with Gasteiger partial charge in [-0.25, -0.2) is 0 Å². The first-order valence-electron chi connectivity index (χ1n) is 8.41. The molecular weight excluding hydrogens is 296 g/mol. The van der Waals surface area contributed by atoms with Crippen LogP contribution in [0.2, 0.25) is 0 Å². The molecule has 0 saturated carbocycles. The zero-order chi connectivity index (χ0) is 17.8. The molecule has 23 heavy (non-hydrogen) atoms. The van der Waals surface area contributed by atoms with Crippen molar-refractivity contribution in [3.05, 3.63) is 11.8 Å². The Kier molecular flexibility index (Phi) is 7.08. The van der Waals surface area contributed by atoms with Crippen molar-refractivity contribution in [2.45, 2.75) is 96.9 Å². The maximum Gasteiger partial charge on any atom is 0.150 e. The molecule has 0 aromatic rings. The fourth-order valence-electron chi connectivity index (χ4n) is 2.33. The first-order valence-corrected chi connectivity index (χ1v) is 8.41. The fraction of sp³-hybridized carbons (Fsp3) is 0.889. The molecule has 0 radical (unpaired) electrons. The molecule has 0 bridgehead atoms. The summed E-state index contributed by atoms with van der Waals surface area (Å²) in [7, 11) is 0. The van der Waals surface area contributed by atoms with Crippen molar-refractivity contribution in [2.75, 3.05) is 6.61 Å². The average molecular weight is 330 g/mol. The van der Waals surface area contributed by atoms with Crippen molar-refractivity contribution < 1.29 is 24.4 Å². The van der Waals surface area contributed by atoms with Gasteiger partial charge in [0.15, 0.2) is 0 Å². The van der Waals surface area contributed by atoms with E-state index >= 15 is 0 Å². The molecule has 0 spiro atoms. The maximum atomic E-state index is 10.7. The van der Waals surface area contributed by atoms with Crippen LogP contribution in [0, 0.1) is 0 Å². The third-order valence-electron chi connectivity index (χ3n) is 3.47. The van der Waals surface area contributed by atoms with Gasteiger partial charge in [-0.3, -0.25) is 0 Å². The first kappa shape index (κ1) is 20.4. The molecule has 1 heterocycles. The molecule has 1 rings (SSSR count). The van der Waals surface area contributed by atoms with Gasteiger partial charge in [0.25, 0.3) is 0 Å². The predicted molar refractivity (Wildman–Crippen MR) is 90.2 cm³/mol. The molecule has 2 N–H and O–H groups in total. The van der Waals surface area contributed by atoms with Gasteiger partial charge in [0.1, 0.15) is 18.3 Å². The lowest BCUT2D eigenvalue weighted by atomic mass is 9.94. The van der Waals surface area contributed by atoms with E-state index in [-0.39, 0.29) is 11.7 Å². The second-order valence-electron chi connectivity index (χ2n) is 8.32. The van der Waals surface area contributed by atoms with Gasteiger partial charge < -0.3 is 24.4 Å². The van der Waals surface area contributed by atoms with Crippen LogP contribution in [0.1, 0.15) is 61.3 Å². The fourth-order valence-corrected chi connectivity index (χ4v) is 2.33. The number of rotatable bonds is 6. The molecule has 0 aromatic carbocycles. The van der Waals surface area contributed by atoms with Crippen LogP contribution in [-0.2, 0) is 14.2 Å². The summed E-state index contributed by atoms with van der Waals surface area (Å²) in [6.45, 7) is 13.9. The summed E-state index contributed by atoms with van der Waals surface area (Å²) in [6.07, 6.45) is 0.743. The van der Waals surface area contributed by atoms with E-state index in [1.807, 2.05) is 41.5 Å². The molecular formula is C18H34O5. The van der Waals surface area contributed by atoms with E-state index in [0.717, 1.165) is 5.57 Å². The molecule has 0 saturated heterocycles. The third-order valence-corrected chi connectivity index (χ3v) is 3.47. The van der Waals surface area contributed by atoms with Crippen LogP contribution >= 0.6 is 0 Å². The van der Waals surface area contributed by atoms with Crippen molar-refractivity contribution >= 4 is 0 Å². The summed E-state index contributed by atoms with van der Waals surface area (Å²) in [6, 6.07) is 0. The minimum absolute atomic E-state index is 0.281. The Morgan fingerprint density at radius 1 is 1.17 bits per heavy atom. The summed E-state index contributed by atoms with van der Waals surface area (Å²) in [5.41, 5.74) is 0.0747. The van der Waals surface area contributed by atoms with Crippen molar-refractivity contribution in [3.63, 3.8) is 0 Å². The molecule has 0 amide bonds. The Balaban J connectivity index is 2.83. The molecule has 0 fully saturated rings. The molecule has 5 heteroatoms. The van der Waals surface area contributed by atoms with Crippen LogP contribution in [0.3, 0.4) is 0 Å². The number of hydrogen-bond donors (Lipinski definition) is 2. The van der Waals surface area contributed by atoms with Gasteiger partial charge in [0, 0.05) is 0 Å². The molecule has 0 unspecified atom stereocenters. The Morgan fingerprint density at radius 2 is 1.78 bits per heavy atom. The number of aliphatic hydroxyl groups is 2. The normalized spacial score (nSPS) is 27.3. The molecule has 136 valence electrons. The molecule has 1 aliphatic heterocycles. The van der Waals surface area contributed by atoms with Gasteiger partial charge in [0.2, 0.25) is 0 Å². The summed E-state index contributed by atoms with van der Waals surface area (Å²) >= 11 is 0. The van der Waals surface area contributed by atoms with Crippen molar-refractivity contribution in [2.24, 2.45) is 0 Å². The highest BCUT2D eigenvalue weighted by Crippen LogP contribution is 2.29. The van der Waals surface area contributed by atoms with Gasteiger partial charge in [-0.1, -0.05) is 0 Å². The van der Waals surface area contributed by atoms with Gasteiger partial charge >= 0.3 is 0 Å². The smallest absolute Gasteiger partial charge is 0.150 e. The highest BCUT2D eigenvalue weighted by Gasteiger charge is 2.39. The van der Waals surface area contributed by atoms with Crippen LogP contribution < -0.4 is 0 Å². The summed E-state index contributed by atoms with van der Waals surface area (Å²) in [5, 5.41) is 20.1. The van der Waals surface area contributed by atoms with E-state index in [1.165, 1.54) is 0 Å². The Labute approximate surface area is 140 Å². The van der Waals surface area contributed by atoms with Crippen molar-refractivity contribution in [3.8, 4) is 0 Å². The van der Waals surface area contributed by atoms with Gasteiger partial charge in [-0.05, 0) is 66.9 Å². The highest BCUT2D eigenvalue weighted by molar-refractivity contribution is 5.13. The summed E-state index contributed by atoms with van der Waals surface area (Å²) < 4.78 is 17.7. The molecule has 1 aliphatic rings. The molecule has 0 aliphatic carbocycles. The van der Waals surface area contributed by atoms with Gasteiger partial charge in [-0.2, -0.15) is 0 Å². The van der Waals surface area contributed by atoms with Gasteiger partial charge in [-0.15, -0.1) is 0 Å². The van der Waals surface area contributed by atoms with Crippen LogP contribution in [0.4, 0.5) is 0 Å². The second kappa shape index (κ2) is 7.97. The maximum absolute atomic E-state index is 10.7. The first-order chi connectivity index (χ1) is 10.4. The minimum atomic E-state index is -0.754. The highest BCUT2D eigenvalue weighted by atomic mass is 16.6. The lowest BCUT2D eigenvalue weighted by Crippen LogP contribution is -2.50. The zero-order valence-electron chi connectivity index (χ0n) is 15.6. The summed E-state index contributed by atoms with van der Waals surface area (Å²) in [5.74, 6) is 0. The van der Waals surface area contributed by atoms with Crippen molar-refractivity contribution in [1.82, 2.24) is 0 Å². The third kappa shape index (κ3) is 7.66. The van der Waals surface area contributed by atoms with E-state index < -0.39 is 23.9 Å². The number of ether oxygens (including phenoxy) is 3. The zero-order valence-corrected chi connectivity index (χ0v) is 15.6. The van der Waals surface area contributed by atoms with E-state index in [4.69, 9.17) is 14.2 Å². The molecule has 4 atom stereocenters. The van der Waals surface area contributed by atoms with Crippen LogP contribution in [0.25, 0.3) is 0 Å².